The lowest BCUT2D eigenvalue weighted by Crippen LogP contribution is -2.48. The van der Waals surface area contributed by atoms with Crippen LogP contribution >= 0.6 is 11.6 Å². The number of fused-ring (bicyclic) bond motifs is 1. The minimum Gasteiger partial charge on any atom is -0.493 e. The Morgan fingerprint density at radius 1 is 1.14 bits per heavy atom. The summed E-state index contributed by atoms with van der Waals surface area (Å²) in [6.07, 6.45) is -0.121. The number of amides is 2. The van der Waals surface area contributed by atoms with Gasteiger partial charge in [-0.1, -0.05) is 37.6 Å². The van der Waals surface area contributed by atoms with Gasteiger partial charge in [0, 0.05) is 59.9 Å². The number of likely N-dealkylation sites (tertiary alicyclic amines) is 1. The smallest absolute Gasteiger partial charge is 0.256 e. The number of hydrogen-bond acceptors (Lipinski definition) is 8. The number of anilines is 1. The van der Waals surface area contributed by atoms with Crippen molar-refractivity contribution in [3.8, 4) is 11.5 Å². The average Bonchev–Trinajstić information content (AvgIpc) is 3.11. The van der Waals surface area contributed by atoms with Gasteiger partial charge in [-0.25, -0.2) is 0 Å². The summed E-state index contributed by atoms with van der Waals surface area (Å²) in [5.74, 6) is -0.0337. The predicted octanol–water partition coefficient (Wildman–Crippen LogP) is 4.29. The molecule has 1 fully saturated rings. The van der Waals surface area contributed by atoms with Crippen LogP contribution in [0.15, 0.2) is 36.4 Å². The highest BCUT2D eigenvalue weighted by Gasteiger charge is 2.41. The van der Waals surface area contributed by atoms with Crippen LogP contribution in [-0.4, -0.2) is 88.4 Å². The van der Waals surface area contributed by atoms with Crippen molar-refractivity contribution in [3.63, 3.8) is 0 Å². The van der Waals surface area contributed by atoms with Gasteiger partial charge in [-0.15, -0.1) is 0 Å². The first-order valence-corrected chi connectivity index (χ1v) is 15.2. The molecule has 11 heteroatoms. The molecule has 4 rings (SSSR count). The van der Waals surface area contributed by atoms with Crippen molar-refractivity contribution in [2.45, 2.75) is 45.3 Å². The number of piperidine rings is 1. The number of methoxy groups -OCH3 is 3. The minimum absolute atomic E-state index is 0.0139. The number of halogens is 1. The van der Waals surface area contributed by atoms with Gasteiger partial charge < -0.3 is 38.6 Å². The van der Waals surface area contributed by atoms with Gasteiger partial charge in [-0.05, 0) is 43.0 Å². The van der Waals surface area contributed by atoms with Crippen LogP contribution in [0.5, 0.6) is 11.5 Å². The zero-order chi connectivity index (χ0) is 32.0. The molecule has 0 saturated carbocycles. The van der Waals surface area contributed by atoms with Gasteiger partial charge in [-0.2, -0.15) is 0 Å². The molecule has 2 heterocycles. The molecule has 1 N–H and O–H groups in total. The van der Waals surface area contributed by atoms with E-state index >= 15 is 0 Å². The third kappa shape index (κ3) is 7.37. The van der Waals surface area contributed by atoms with Crippen LogP contribution in [0.25, 0.3) is 0 Å². The van der Waals surface area contributed by atoms with E-state index in [2.05, 4.69) is 0 Å². The quantitative estimate of drug-likeness (QED) is 0.346. The molecule has 3 unspecified atom stereocenters. The number of aliphatic hydroxyl groups is 1. The van der Waals surface area contributed by atoms with E-state index in [1.54, 1.807) is 48.3 Å². The molecule has 2 aliphatic heterocycles. The van der Waals surface area contributed by atoms with E-state index in [9.17, 15) is 19.5 Å². The first kappa shape index (κ1) is 33.7. The summed E-state index contributed by atoms with van der Waals surface area (Å²) in [6, 6.07) is 10.8. The largest absolute Gasteiger partial charge is 0.493 e. The maximum atomic E-state index is 14.4. The molecule has 0 bridgehead atoms. The third-order valence-electron chi connectivity index (χ3n) is 8.49. The maximum absolute atomic E-state index is 14.4. The number of carbonyl (C=O) groups excluding carboxylic acids is 3. The summed E-state index contributed by atoms with van der Waals surface area (Å²) in [5.41, 5.74) is 1.49. The topological polar surface area (TPSA) is 115 Å². The highest BCUT2D eigenvalue weighted by Crippen LogP contribution is 2.45. The lowest BCUT2D eigenvalue weighted by molar-refractivity contribution is -0.144. The molecule has 1 saturated heterocycles. The molecule has 0 aliphatic carbocycles. The van der Waals surface area contributed by atoms with Crippen LogP contribution in [0, 0.1) is 17.3 Å². The molecule has 2 amide bonds. The van der Waals surface area contributed by atoms with Crippen molar-refractivity contribution >= 4 is 35.4 Å². The lowest BCUT2D eigenvalue weighted by atomic mass is 9.85. The zero-order valence-corrected chi connectivity index (χ0v) is 26.8. The molecule has 44 heavy (non-hydrogen) atoms. The van der Waals surface area contributed by atoms with Crippen molar-refractivity contribution in [3.05, 3.63) is 52.5 Å². The van der Waals surface area contributed by atoms with Crippen molar-refractivity contribution in [1.82, 2.24) is 4.90 Å². The van der Waals surface area contributed by atoms with Crippen LogP contribution in [0.1, 0.15) is 50.3 Å². The number of para-hydroxylation sites is 1. The SMILES string of the molecule is COCC(C)(C)CN1C(=O)C(CC(=O)N2CCC(C(C=O)CO)CC2)OC(c2cccc(OC)c2OC)c2cc(Cl)ccc21. The molecule has 240 valence electrons. The Kier molecular flexibility index (Phi) is 11.3. The van der Waals surface area contributed by atoms with E-state index in [0.29, 0.717) is 72.4 Å². The van der Waals surface area contributed by atoms with E-state index in [1.165, 1.54) is 7.11 Å². The van der Waals surface area contributed by atoms with Crippen LogP contribution in [0.4, 0.5) is 5.69 Å². The summed E-state index contributed by atoms with van der Waals surface area (Å²) in [6.45, 7) is 5.39. The lowest BCUT2D eigenvalue weighted by Gasteiger charge is -2.35. The summed E-state index contributed by atoms with van der Waals surface area (Å²) < 4.78 is 23.4. The number of ether oxygens (including phenoxy) is 4. The van der Waals surface area contributed by atoms with Crippen LogP contribution in [-0.2, 0) is 23.9 Å². The molecule has 0 radical (unpaired) electrons. The molecular weight excluding hydrogens is 588 g/mol. The van der Waals surface area contributed by atoms with Gasteiger partial charge >= 0.3 is 0 Å². The Balaban J connectivity index is 1.74. The number of benzene rings is 2. The summed E-state index contributed by atoms with van der Waals surface area (Å²) in [4.78, 5) is 42.9. The summed E-state index contributed by atoms with van der Waals surface area (Å²) in [5, 5.41) is 10.0. The van der Waals surface area contributed by atoms with Gasteiger partial charge in [0.05, 0.1) is 33.9 Å². The fourth-order valence-electron chi connectivity index (χ4n) is 6.26. The maximum Gasteiger partial charge on any atom is 0.256 e. The Morgan fingerprint density at radius 2 is 1.86 bits per heavy atom. The summed E-state index contributed by atoms with van der Waals surface area (Å²) in [7, 11) is 4.71. The molecule has 3 atom stereocenters. The van der Waals surface area contributed by atoms with Crippen LogP contribution in [0.2, 0.25) is 5.02 Å². The molecule has 2 aromatic carbocycles. The highest BCUT2D eigenvalue weighted by molar-refractivity contribution is 6.30. The Bertz CT molecular complexity index is 1330. The molecule has 2 aliphatic rings. The monoisotopic (exact) mass is 630 g/mol. The number of aliphatic hydroxyl groups excluding tert-OH is 1. The van der Waals surface area contributed by atoms with Crippen molar-refractivity contribution in [1.29, 1.82) is 0 Å². The van der Waals surface area contributed by atoms with Gasteiger partial charge in [0.15, 0.2) is 11.5 Å². The molecule has 0 spiro atoms. The average molecular weight is 631 g/mol. The predicted molar refractivity (Wildman–Crippen MR) is 166 cm³/mol. The normalized spacial score (nSPS) is 20.1. The van der Waals surface area contributed by atoms with Crippen molar-refractivity contribution in [2.24, 2.45) is 17.3 Å². The highest BCUT2D eigenvalue weighted by atomic mass is 35.5. The fraction of sp³-hybridized carbons (Fsp3) is 0.545. The second kappa shape index (κ2) is 14.7. The van der Waals surface area contributed by atoms with E-state index < -0.39 is 23.5 Å². The second-order valence-corrected chi connectivity index (χ2v) is 12.7. The number of hydrogen-bond donors (Lipinski definition) is 1. The minimum atomic E-state index is -1.12. The third-order valence-corrected chi connectivity index (χ3v) is 8.72. The van der Waals surface area contributed by atoms with Gasteiger partial charge in [0.2, 0.25) is 5.91 Å². The van der Waals surface area contributed by atoms with E-state index in [4.69, 9.17) is 30.5 Å². The Labute approximate surface area is 264 Å². The second-order valence-electron chi connectivity index (χ2n) is 12.2. The van der Waals surface area contributed by atoms with E-state index in [0.717, 1.165) is 6.29 Å². The molecule has 0 aromatic heterocycles. The molecule has 10 nitrogen and oxygen atoms in total. The first-order valence-electron chi connectivity index (χ1n) is 14.9. The van der Waals surface area contributed by atoms with Crippen molar-refractivity contribution in [2.75, 3.05) is 59.1 Å². The standard InChI is InChI=1S/C33H43ClN2O8/c1-33(2,20-41-3)19-36-26-10-9-23(34)15-25(26)30(24-7-6-8-27(42-4)31(24)43-5)44-28(32(36)40)16-29(39)35-13-11-21(12-14-35)22(17-37)18-38/h6-10,15,17,21-22,28,30,38H,11-14,16,18-20H2,1-5H3. The van der Waals surface area contributed by atoms with Gasteiger partial charge in [-0.3, -0.25) is 9.59 Å². The van der Waals surface area contributed by atoms with E-state index in [1.807, 2.05) is 26.0 Å². The first-order chi connectivity index (χ1) is 21.1. The van der Waals surface area contributed by atoms with Gasteiger partial charge in [0.1, 0.15) is 18.5 Å². The Hall–Kier alpha value is -3.18. The number of nitrogens with zero attached hydrogens (tertiary/aromatic N) is 2. The van der Waals surface area contributed by atoms with Crippen molar-refractivity contribution < 1.29 is 38.4 Å². The number of aldehydes is 1. The summed E-state index contributed by atoms with van der Waals surface area (Å²) >= 11 is 6.53. The zero-order valence-electron chi connectivity index (χ0n) is 26.1. The van der Waals surface area contributed by atoms with Crippen LogP contribution < -0.4 is 14.4 Å². The molecule has 2 aromatic rings. The fourth-order valence-corrected chi connectivity index (χ4v) is 6.44. The Morgan fingerprint density at radius 3 is 2.48 bits per heavy atom. The van der Waals surface area contributed by atoms with E-state index in [-0.39, 0.29) is 30.8 Å². The number of carbonyl (C=O) groups is 3. The van der Waals surface area contributed by atoms with Gasteiger partial charge in [0.25, 0.3) is 5.91 Å². The number of rotatable bonds is 12. The van der Waals surface area contributed by atoms with Crippen LogP contribution in [0.3, 0.4) is 0 Å². The molecular formula is C33H43ClN2O8.